The van der Waals surface area contributed by atoms with Crippen molar-refractivity contribution < 1.29 is 9.18 Å². The minimum absolute atomic E-state index is 0.110. The average Bonchev–Trinajstić information content (AvgIpc) is 3.62. The number of aromatic nitrogens is 4. The highest BCUT2D eigenvalue weighted by atomic mass is 19.1. The standard InChI is InChI=1S/C27H29FN8O/c1-16-10-18(29)15-35(14-16)25-8-9-30-13-24(25)33-27-31-12-20-5-7-23(34-36(20)27)21-11-17(2-6-22(21)28)26(37)32-19-3-4-19/h2,5-9,11-13,16,18-19H,3-4,10,14-15,29H2,1H3,(H,31,33)(H,32,37)/t16-,18+/m1/s1. The van der Waals surface area contributed by atoms with Crippen molar-refractivity contribution in [1.82, 2.24) is 24.9 Å². The fourth-order valence-electron chi connectivity index (χ4n) is 4.95. The highest BCUT2D eigenvalue weighted by Crippen LogP contribution is 2.31. The number of halogens is 1. The molecule has 1 aromatic carbocycles. The molecule has 1 saturated carbocycles. The zero-order valence-electron chi connectivity index (χ0n) is 20.6. The molecule has 0 unspecified atom stereocenters. The molecule has 9 nitrogen and oxygen atoms in total. The summed E-state index contributed by atoms with van der Waals surface area (Å²) >= 11 is 0. The predicted octanol–water partition coefficient (Wildman–Crippen LogP) is 3.74. The molecule has 0 bridgehead atoms. The Hall–Kier alpha value is -4.05. The van der Waals surface area contributed by atoms with Crippen LogP contribution in [0.4, 0.5) is 21.7 Å². The fraction of sp³-hybridized carbons (Fsp3) is 0.333. The summed E-state index contributed by atoms with van der Waals surface area (Å²) in [4.78, 5) is 23.6. The number of carbonyl (C=O) groups is 1. The summed E-state index contributed by atoms with van der Waals surface area (Å²) in [6, 6.07) is 10.2. The molecule has 190 valence electrons. The molecule has 2 fully saturated rings. The Labute approximate surface area is 213 Å². The SMILES string of the molecule is C[C@@H]1C[C@H](N)CN(c2ccncc2Nc2ncc3ccc(-c4cc(C(=O)NC5CC5)ccc4F)nn23)C1. The first-order valence-corrected chi connectivity index (χ1v) is 12.6. The van der Waals surface area contributed by atoms with Gasteiger partial charge in [-0.05, 0) is 61.6 Å². The van der Waals surface area contributed by atoms with E-state index < -0.39 is 5.82 Å². The molecular weight excluding hydrogens is 471 g/mol. The summed E-state index contributed by atoms with van der Waals surface area (Å²) in [6.07, 6.45) is 8.19. The van der Waals surface area contributed by atoms with E-state index in [2.05, 4.69) is 37.5 Å². The summed E-state index contributed by atoms with van der Waals surface area (Å²) in [5.74, 6) is 0.307. The highest BCUT2D eigenvalue weighted by Gasteiger charge is 2.25. The van der Waals surface area contributed by atoms with E-state index in [4.69, 9.17) is 5.73 Å². The van der Waals surface area contributed by atoms with Crippen LogP contribution in [-0.2, 0) is 0 Å². The molecule has 10 heteroatoms. The summed E-state index contributed by atoms with van der Waals surface area (Å²) in [5.41, 5.74) is 9.87. The Bertz CT molecular complexity index is 1460. The van der Waals surface area contributed by atoms with Gasteiger partial charge in [-0.1, -0.05) is 6.92 Å². The van der Waals surface area contributed by atoms with E-state index in [0.29, 0.717) is 23.1 Å². The first-order chi connectivity index (χ1) is 17.9. The second kappa shape index (κ2) is 9.44. The number of hydrogen-bond acceptors (Lipinski definition) is 7. The van der Waals surface area contributed by atoms with E-state index in [1.807, 2.05) is 12.1 Å². The third-order valence-corrected chi connectivity index (χ3v) is 6.88. The molecule has 2 aliphatic rings. The minimum Gasteiger partial charge on any atom is -0.368 e. The molecule has 3 aromatic heterocycles. The summed E-state index contributed by atoms with van der Waals surface area (Å²) in [5, 5.41) is 11.0. The first kappa shape index (κ1) is 23.4. The molecule has 1 amide bonds. The van der Waals surface area contributed by atoms with Crippen molar-refractivity contribution in [1.29, 1.82) is 0 Å². The number of carbonyl (C=O) groups excluding carboxylic acids is 1. The lowest BCUT2D eigenvalue weighted by Gasteiger charge is -2.37. The largest absolute Gasteiger partial charge is 0.368 e. The minimum atomic E-state index is -0.449. The second-order valence-corrected chi connectivity index (χ2v) is 10.1. The van der Waals surface area contributed by atoms with E-state index in [1.54, 1.807) is 35.2 Å². The average molecular weight is 501 g/mol. The van der Waals surface area contributed by atoms with Gasteiger partial charge in [0.2, 0.25) is 5.95 Å². The quantitative estimate of drug-likeness (QED) is 0.370. The maximum Gasteiger partial charge on any atom is 0.251 e. The zero-order chi connectivity index (χ0) is 25.5. The van der Waals surface area contributed by atoms with Crippen molar-refractivity contribution in [2.24, 2.45) is 11.7 Å². The molecule has 0 spiro atoms. The van der Waals surface area contributed by atoms with E-state index in [9.17, 15) is 9.18 Å². The Morgan fingerprint density at radius 2 is 2.00 bits per heavy atom. The lowest BCUT2D eigenvalue weighted by atomic mass is 9.96. The number of fused-ring (bicyclic) bond motifs is 1. The van der Waals surface area contributed by atoms with Gasteiger partial charge in [0.15, 0.2) is 0 Å². The van der Waals surface area contributed by atoms with Crippen molar-refractivity contribution in [3.8, 4) is 11.3 Å². The van der Waals surface area contributed by atoms with Gasteiger partial charge in [0, 0.05) is 42.5 Å². The van der Waals surface area contributed by atoms with E-state index in [1.165, 1.54) is 12.1 Å². The van der Waals surface area contributed by atoms with Gasteiger partial charge in [-0.2, -0.15) is 9.61 Å². The molecule has 37 heavy (non-hydrogen) atoms. The second-order valence-electron chi connectivity index (χ2n) is 10.1. The predicted molar refractivity (Wildman–Crippen MR) is 140 cm³/mol. The van der Waals surface area contributed by atoms with E-state index in [0.717, 1.165) is 49.2 Å². The number of nitrogens with one attached hydrogen (secondary N) is 2. The van der Waals surface area contributed by atoms with Gasteiger partial charge in [0.25, 0.3) is 5.91 Å². The molecule has 0 radical (unpaired) electrons. The third kappa shape index (κ3) is 4.84. The summed E-state index contributed by atoms with van der Waals surface area (Å²) in [7, 11) is 0. The van der Waals surface area contributed by atoms with Crippen LogP contribution in [0.5, 0.6) is 0 Å². The van der Waals surface area contributed by atoms with Crippen molar-refractivity contribution in [2.45, 2.75) is 38.3 Å². The number of rotatable bonds is 6. The Balaban J connectivity index is 1.32. The zero-order valence-corrected chi connectivity index (χ0v) is 20.6. The number of amides is 1. The molecule has 1 aliphatic heterocycles. The maximum atomic E-state index is 14.9. The van der Waals surface area contributed by atoms with Crippen LogP contribution in [0.2, 0.25) is 0 Å². The van der Waals surface area contributed by atoms with Crippen LogP contribution in [0, 0.1) is 11.7 Å². The summed E-state index contributed by atoms with van der Waals surface area (Å²) < 4.78 is 16.5. The van der Waals surface area contributed by atoms with Crippen molar-refractivity contribution in [3.05, 3.63) is 66.4 Å². The number of nitrogens with zero attached hydrogens (tertiary/aromatic N) is 5. The Morgan fingerprint density at radius 3 is 2.81 bits per heavy atom. The van der Waals surface area contributed by atoms with Gasteiger partial charge in [-0.3, -0.25) is 9.78 Å². The molecular formula is C27H29FN8O. The number of nitrogens with two attached hydrogens (primary N) is 1. The Morgan fingerprint density at radius 1 is 1.14 bits per heavy atom. The van der Waals surface area contributed by atoms with Crippen LogP contribution in [-0.4, -0.2) is 50.7 Å². The number of imidazole rings is 1. The van der Waals surface area contributed by atoms with Crippen LogP contribution >= 0.6 is 0 Å². The lowest BCUT2D eigenvalue weighted by molar-refractivity contribution is 0.0951. The van der Waals surface area contributed by atoms with Gasteiger partial charge >= 0.3 is 0 Å². The number of piperidine rings is 1. The highest BCUT2D eigenvalue weighted by molar-refractivity contribution is 5.95. The van der Waals surface area contributed by atoms with Crippen molar-refractivity contribution in [3.63, 3.8) is 0 Å². The summed E-state index contributed by atoms with van der Waals surface area (Å²) in [6.45, 7) is 3.87. The van der Waals surface area contributed by atoms with Crippen LogP contribution in [0.15, 0.2) is 55.0 Å². The smallest absolute Gasteiger partial charge is 0.251 e. The third-order valence-electron chi connectivity index (χ3n) is 6.88. The number of pyridine rings is 1. The maximum absolute atomic E-state index is 14.9. The fourth-order valence-corrected chi connectivity index (χ4v) is 4.95. The van der Waals surface area contributed by atoms with Crippen LogP contribution in [0.1, 0.15) is 36.5 Å². The van der Waals surface area contributed by atoms with Gasteiger partial charge in [-0.15, -0.1) is 0 Å². The van der Waals surface area contributed by atoms with Crippen molar-refractivity contribution in [2.75, 3.05) is 23.3 Å². The van der Waals surface area contributed by atoms with Crippen molar-refractivity contribution >= 4 is 28.7 Å². The van der Waals surface area contributed by atoms with Gasteiger partial charge < -0.3 is 21.3 Å². The molecule has 4 N–H and O–H groups in total. The van der Waals surface area contributed by atoms with Gasteiger partial charge in [0.05, 0.1) is 35.0 Å². The van der Waals surface area contributed by atoms with Gasteiger partial charge in [0.1, 0.15) is 5.82 Å². The Kier molecular flexibility index (Phi) is 5.96. The molecule has 1 saturated heterocycles. The number of hydrogen-bond donors (Lipinski definition) is 3. The first-order valence-electron chi connectivity index (χ1n) is 12.6. The van der Waals surface area contributed by atoms with E-state index in [-0.39, 0.29) is 23.6 Å². The topological polar surface area (TPSA) is 113 Å². The monoisotopic (exact) mass is 500 g/mol. The lowest BCUT2D eigenvalue weighted by Crippen LogP contribution is -2.46. The van der Waals surface area contributed by atoms with Gasteiger partial charge in [-0.25, -0.2) is 9.37 Å². The van der Waals surface area contributed by atoms with Crippen LogP contribution in [0.25, 0.3) is 16.8 Å². The van der Waals surface area contributed by atoms with E-state index >= 15 is 0 Å². The number of anilines is 3. The molecule has 4 aromatic rings. The number of benzene rings is 1. The van der Waals surface area contributed by atoms with Crippen LogP contribution in [0.3, 0.4) is 0 Å². The molecule has 1 aliphatic carbocycles. The normalized spacial score (nSPS) is 19.7. The molecule has 4 heterocycles. The molecule has 6 rings (SSSR count). The molecule has 2 atom stereocenters. The van der Waals surface area contributed by atoms with Crippen LogP contribution < -0.4 is 21.3 Å².